The highest BCUT2D eigenvalue weighted by atomic mass is 127. The topological polar surface area (TPSA) is 57.2 Å². The number of allylic oxidation sites excluding steroid dienone is 3. The first-order valence-corrected chi connectivity index (χ1v) is 11.2. The number of nitrogens with zero attached hydrogens (tertiary/aromatic N) is 1. The van der Waals surface area contributed by atoms with Crippen LogP contribution in [0.4, 0.5) is 0 Å². The molecule has 1 aromatic heterocycles. The predicted molar refractivity (Wildman–Crippen MR) is 127 cm³/mol. The minimum atomic E-state index is 0.276. The fourth-order valence-electron chi connectivity index (χ4n) is 4.43. The van der Waals surface area contributed by atoms with Gasteiger partial charge in [-0.15, -0.1) is 0 Å². The Balaban J connectivity index is 1.74. The molecule has 0 amide bonds. The van der Waals surface area contributed by atoms with Gasteiger partial charge in [0.1, 0.15) is 0 Å². The van der Waals surface area contributed by atoms with Crippen molar-refractivity contribution >= 4 is 34.1 Å². The number of benzene rings is 1. The maximum Gasteiger partial charge on any atom is 0.0542 e. The van der Waals surface area contributed by atoms with E-state index in [4.69, 9.17) is 0 Å². The van der Waals surface area contributed by atoms with E-state index in [0.29, 0.717) is 5.92 Å². The lowest BCUT2D eigenvalue weighted by Gasteiger charge is -2.25. The lowest BCUT2D eigenvalue weighted by Crippen LogP contribution is -2.23. The normalized spacial score (nSPS) is 18.5. The van der Waals surface area contributed by atoms with Gasteiger partial charge < -0.3 is 10.4 Å². The van der Waals surface area contributed by atoms with Crippen molar-refractivity contribution in [1.82, 2.24) is 13.8 Å². The lowest BCUT2D eigenvalue weighted by atomic mass is 9.88. The van der Waals surface area contributed by atoms with Crippen LogP contribution >= 0.6 is 22.9 Å². The van der Waals surface area contributed by atoms with E-state index in [1.807, 2.05) is 24.5 Å². The van der Waals surface area contributed by atoms with Crippen LogP contribution in [0.3, 0.4) is 0 Å². The summed E-state index contributed by atoms with van der Waals surface area (Å²) in [6, 6.07) is 10.9. The first-order valence-electron chi connectivity index (χ1n) is 10.1. The number of nitrogens with one attached hydrogen (secondary N) is 2. The summed E-state index contributed by atoms with van der Waals surface area (Å²) < 4.78 is 3.19. The van der Waals surface area contributed by atoms with Crippen molar-refractivity contribution in [2.45, 2.75) is 31.6 Å². The molecular formula is C24H26IN3O. The highest BCUT2D eigenvalue weighted by Crippen LogP contribution is 2.40. The Morgan fingerprint density at radius 3 is 2.79 bits per heavy atom. The zero-order valence-electron chi connectivity index (χ0n) is 16.4. The van der Waals surface area contributed by atoms with Crippen LogP contribution in [0.25, 0.3) is 11.3 Å². The summed E-state index contributed by atoms with van der Waals surface area (Å²) in [6.45, 7) is 5.41. The standard InChI is InChI=1S/C24H26IN3O/c1-16-13-21(15-27-25)28-24(18-8-10-26-11-9-18)23(16)20-6-7-22-17(3-2-12-29)4-5-19(22)14-20/h6-11,13-14,17,27-29H,1-5,12,15H2. The number of aliphatic hydroxyl groups excluding tert-OH is 1. The van der Waals surface area contributed by atoms with Gasteiger partial charge in [-0.3, -0.25) is 8.51 Å². The molecule has 2 aliphatic rings. The molecule has 150 valence electrons. The van der Waals surface area contributed by atoms with E-state index in [-0.39, 0.29) is 6.61 Å². The van der Waals surface area contributed by atoms with Crippen molar-refractivity contribution in [2.75, 3.05) is 13.2 Å². The summed E-state index contributed by atoms with van der Waals surface area (Å²) in [5.74, 6) is 0.578. The second kappa shape index (κ2) is 9.24. The Labute approximate surface area is 186 Å². The van der Waals surface area contributed by atoms with Crippen molar-refractivity contribution < 1.29 is 5.11 Å². The predicted octanol–water partition coefficient (Wildman–Crippen LogP) is 4.74. The average Bonchev–Trinajstić information content (AvgIpc) is 3.15. The van der Waals surface area contributed by atoms with E-state index in [2.05, 4.69) is 67.5 Å². The number of aliphatic hydroxyl groups is 1. The van der Waals surface area contributed by atoms with Gasteiger partial charge in [-0.2, -0.15) is 0 Å². The van der Waals surface area contributed by atoms with E-state index < -0.39 is 0 Å². The zero-order chi connectivity index (χ0) is 20.2. The molecule has 2 heterocycles. The first-order chi connectivity index (χ1) is 14.2. The number of dihydropyridines is 1. The Bertz CT molecular complexity index is 965. The summed E-state index contributed by atoms with van der Waals surface area (Å²) in [6.07, 6.45) is 10.0. The van der Waals surface area contributed by atoms with E-state index >= 15 is 0 Å². The zero-order valence-corrected chi connectivity index (χ0v) is 18.6. The molecule has 4 rings (SSSR count). The molecule has 1 atom stereocenters. The molecule has 5 heteroatoms. The molecule has 0 bridgehead atoms. The molecule has 0 radical (unpaired) electrons. The second-order valence-corrected chi connectivity index (χ2v) is 8.39. The molecule has 0 saturated carbocycles. The minimum Gasteiger partial charge on any atom is -0.396 e. The van der Waals surface area contributed by atoms with Crippen molar-refractivity contribution in [2.24, 2.45) is 0 Å². The van der Waals surface area contributed by atoms with Gasteiger partial charge in [-0.25, -0.2) is 0 Å². The van der Waals surface area contributed by atoms with Crippen LogP contribution in [0, 0.1) is 0 Å². The number of halogens is 1. The average molecular weight is 499 g/mol. The van der Waals surface area contributed by atoms with E-state index in [1.54, 1.807) is 0 Å². The third-order valence-electron chi connectivity index (χ3n) is 5.78. The van der Waals surface area contributed by atoms with Crippen LogP contribution in [0.15, 0.2) is 66.7 Å². The number of hydrogen-bond donors (Lipinski definition) is 3. The van der Waals surface area contributed by atoms with Gasteiger partial charge in [0.25, 0.3) is 0 Å². The molecule has 4 nitrogen and oxygen atoms in total. The molecule has 1 aliphatic carbocycles. The van der Waals surface area contributed by atoms with Crippen LogP contribution < -0.4 is 8.85 Å². The van der Waals surface area contributed by atoms with Crippen LogP contribution in [0.1, 0.15) is 47.4 Å². The van der Waals surface area contributed by atoms with Gasteiger partial charge in [0.15, 0.2) is 0 Å². The summed E-state index contributed by atoms with van der Waals surface area (Å²) in [5.41, 5.74) is 9.55. The lowest BCUT2D eigenvalue weighted by molar-refractivity contribution is 0.279. The molecule has 1 unspecified atom stereocenters. The first kappa shape index (κ1) is 20.3. The molecule has 29 heavy (non-hydrogen) atoms. The van der Waals surface area contributed by atoms with Gasteiger partial charge >= 0.3 is 0 Å². The Morgan fingerprint density at radius 1 is 1.21 bits per heavy atom. The van der Waals surface area contributed by atoms with Gasteiger partial charge in [0, 0.05) is 65.2 Å². The number of aryl methyl sites for hydroxylation is 1. The van der Waals surface area contributed by atoms with E-state index in [9.17, 15) is 5.11 Å². The fourth-order valence-corrected chi connectivity index (χ4v) is 4.84. The summed E-state index contributed by atoms with van der Waals surface area (Å²) in [4.78, 5) is 4.17. The van der Waals surface area contributed by atoms with Gasteiger partial charge in [-0.05, 0) is 72.1 Å². The smallest absolute Gasteiger partial charge is 0.0542 e. The molecule has 0 fully saturated rings. The van der Waals surface area contributed by atoms with E-state index in [0.717, 1.165) is 53.9 Å². The van der Waals surface area contributed by atoms with Crippen LogP contribution in [0.2, 0.25) is 0 Å². The molecule has 1 aliphatic heterocycles. The SMILES string of the molecule is C=C1C=C(CNI)NC(c2ccncc2)=C1c1ccc2c(c1)CCC2CCCO. The highest BCUT2D eigenvalue weighted by molar-refractivity contribution is 14.1. The molecule has 0 spiro atoms. The number of hydrogen-bond acceptors (Lipinski definition) is 4. The van der Waals surface area contributed by atoms with Crippen molar-refractivity contribution in [1.29, 1.82) is 0 Å². The fraction of sp³-hybridized carbons (Fsp3) is 0.292. The number of aromatic nitrogens is 1. The number of pyridine rings is 1. The van der Waals surface area contributed by atoms with Crippen LogP contribution in [-0.4, -0.2) is 23.2 Å². The molecule has 3 N–H and O–H groups in total. The van der Waals surface area contributed by atoms with Crippen molar-refractivity contribution in [3.8, 4) is 0 Å². The van der Waals surface area contributed by atoms with Gasteiger partial charge in [0.2, 0.25) is 0 Å². The van der Waals surface area contributed by atoms with Crippen LogP contribution in [-0.2, 0) is 6.42 Å². The van der Waals surface area contributed by atoms with Crippen molar-refractivity contribution in [3.05, 3.63) is 88.9 Å². The summed E-state index contributed by atoms with van der Waals surface area (Å²) >= 11 is 2.16. The monoisotopic (exact) mass is 499 g/mol. The van der Waals surface area contributed by atoms with Gasteiger partial charge in [-0.1, -0.05) is 24.8 Å². The maximum absolute atomic E-state index is 9.18. The number of rotatable bonds is 7. The number of fused-ring (bicyclic) bond motifs is 1. The maximum atomic E-state index is 9.18. The summed E-state index contributed by atoms with van der Waals surface area (Å²) in [5, 5.41) is 12.8. The third kappa shape index (κ3) is 4.32. The highest BCUT2D eigenvalue weighted by Gasteiger charge is 2.25. The van der Waals surface area contributed by atoms with Gasteiger partial charge in [0.05, 0.1) is 5.70 Å². The van der Waals surface area contributed by atoms with Crippen molar-refractivity contribution in [3.63, 3.8) is 0 Å². The minimum absolute atomic E-state index is 0.276. The molecule has 1 aromatic carbocycles. The molecular weight excluding hydrogens is 473 g/mol. The molecule has 0 saturated heterocycles. The largest absolute Gasteiger partial charge is 0.396 e. The Hall–Kier alpha value is -1.96. The third-order valence-corrected chi connectivity index (χ3v) is 6.16. The molecule has 2 aromatic rings. The quantitative estimate of drug-likeness (QED) is 0.381. The van der Waals surface area contributed by atoms with E-state index in [1.165, 1.54) is 23.1 Å². The second-order valence-electron chi connectivity index (χ2n) is 7.63. The van der Waals surface area contributed by atoms with Crippen LogP contribution in [0.5, 0.6) is 0 Å². The Morgan fingerprint density at radius 2 is 2.03 bits per heavy atom. The Kier molecular flexibility index (Phi) is 6.47. The summed E-state index contributed by atoms with van der Waals surface area (Å²) in [7, 11) is 0.